The van der Waals surface area contributed by atoms with E-state index in [0.29, 0.717) is 0 Å². The first-order chi connectivity index (χ1) is 21.5. The molecule has 0 saturated heterocycles. The van der Waals surface area contributed by atoms with Crippen LogP contribution in [0.15, 0.2) is 158 Å². The number of benzene rings is 1. The maximum absolute atomic E-state index is 5.26. The Labute approximate surface area is 260 Å². The van der Waals surface area contributed by atoms with Crippen molar-refractivity contribution < 1.29 is 0 Å². The highest BCUT2D eigenvalue weighted by Gasteiger charge is 2.45. The van der Waals surface area contributed by atoms with Gasteiger partial charge in [0.05, 0.1) is 34.2 Å². The van der Waals surface area contributed by atoms with E-state index in [1.54, 1.807) is 0 Å². The van der Waals surface area contributed by atoms with Crippen LogP contribution >= 0.6 is 0 Å². The fourth-order valence-electron chi connectivity index (χ4n) is 5.94. The minimum atomic E-state index is -2.47. The third-order valence-corrected chi connectivity index (χ3v) is 11.4. The van der Waals surface area contributed by atoms with E-state index in [0.717, 1.165) is 50.9 Å². The maximum Gasteiger partial charge on any atom is 0.119 e. The van der Waals surface area contributed by atoms with Gasteiger partial charge in [0.15, 0.2) is 0 Å². The molecule has 0 amide bonds. The van der Waals surface area contributed by atoms with Crippen molar-refractivity contribution in [1.29, 1.82) is 0 Å². The van der Waals surface area contributed by atoms with E-state index in [1.807, 2.05) is 80.0 Å². The van der Waals surface area contributed by atoms with E-state index in [9.17, 15) is 0 Å². The van der Waals surface area contributed by atoms with Crippen LogP contribution in [0.4, 0.5) is 0 Å². The minimum Gasteiger partial charge on any atom is -0.255 e. The lowest BCUT2D eigenvalue weighted by atomic mass is 9.90. The fraction of sp³-hybridized carbons (Fsp3) is 0.0769. The van der Waals surface area contributed by atoms with Gasteiger partial charge in [-0.15, -0.1) is 0 Å². The molecule has 0 aliphatic carbocycles. The highest BCUT2D eigenvalue weighted by atomic mass is 28.3. The van der Waals surface area contributed by atoms with Crippen LogP contribution < -0.4 is 0 Å². The van der Waals surface area contributed by atoms with Crippen LogP contribution in [0, 0.1) is 0 Å². The monoisotopic (exact) mass is 586 g/mol. The molecule has 4 aromatic heterocycles. The van der Waals surface area contributed by atoms with Crippen molar-refractivity contribution >= 4 is 24.0 Å². The molecule has 0 N–H and O–H groups in total. The van der Waals surface area contributed by atoms with Crippen LogP contribution in [0.5, 0.6) is 0 Å². The Morgan fingerprint density at radius 1 is 0.591 bits per heavy atom. The molecule has 0 saturated carbocycles. The summed E-state index contributed by atoms with van der Waals surface area (Å²) in [6.45, 7) is 11.5. The molecule has 6 rings (SSSR count). The number of nitrogens with zero attached hydrogens (tertiary/aromatic N) is 4. The summed E-state index contributed by atoms with van der Waals surface area (Å²) in [5.74, 6) is 0. The molecule has 0 spiro atoms. The second-order valence-corrected chi connectivity index (χ2v) is 15.4. The summed E-state index contributed by atoms with van der Waals surface area (Å²) in [5, 5.41) is 2.50. The molecule has 0 fully saturated rings. The van der Waals surface area contributed by atoms with Gasteiger partial charge < -0.3 is 0 Å². The number of aromatic nitrogens is 4. The van der Waals surface area contributed by atoms with Gasteiger partial charge in [0.1, 0.15) is 8.07 Å². The Hall–Kier alpha value is -5.26. The van der Waals surface area contributed by atoms with Crippen molar-refractivity contribution in [3.05, 3.63) is 175 Å². The predicted octanol–water partition coefficient (Wildman–Crippen LogP) is 9.45. The molecule has 214 valence electrons. The van der Waals surface area contributed by atoms with Gasteiger partial charge in [-0.3, -0.25) is 9.97 Å². The highest BCUT2D eigenvalue weighted by Crippen LogP contribution is 2.53. The first kappa shape index (κ1) is 28.8. The summed E-state index contributed by atoms with van der Waals surface area (Å²) < 4.78 is 0. The number of hydrogen-bond donors (Lipinski definition) is 0. The molecule has 44 heavy (non-hydrogen) atoms. The number of rotatable bonds is 8. The van der Waals surface area contributed by atoms with Gasteiger partial charge in [-0.05, 0) is 88.1 Å². The average Bonchev–Trinajstić information content (AvgIpc) is 3.33. The summed E-state index contributed by atoms with van der Waals surface area (Å²) in [6, 6.07) is 35.0. The third kappa shape index (κ3) is 5.58. The Kier molecular flexibility index (Phi) is 8.22. The molecule has 5 heterocycles. The summed E-state index contributed by atoms with van der Waals surface area (Å²) in [4.78, 5) is 19.7. The lowest BCUT2D eigenvalue weighted by molar-refractivity contribution is 1.22. The molecule has 0 bridgehead atoms. The average molecular weight is 587 g/mol. The molecule has 0 atom stereocenters. The first-order valence-electron chi connectivity index (χ1n) is 14.8. The Balaban J connectivity index is 1.64. The van der Waals surface area contributed by atoms with Crippen LogP contribution in [-0.2, 0) is 0 Å². The van der Waals surface area contributed by atoms with Crippen LogP contribution in [0.3, 0.4) is 0 Å². The van der Waals surface area contributed by atoms with Crippen LogP contribution in [0.25, 0.3) is 38.7 Å². The predicted molar refractivity (Wildman–Crippen MR) is 186 cm³/mol. The largest absolute Gasteiger partial charge is 0.255 e. The first-order valence-corrected chi connectivity index (χ1v) is 17.8. The highest BCUT2D eigenvalue weighted by molar-refractivity contribution is 7.11. The molecular formula is C39H34N4Si. The fourth-order valence-corrected chi connectivity index (χ4v) is 9.55. The van der Waals surface area contributed by atoms with Gasteiger partial charge in [0, 0.05) is 12.4 Å². The summed E-state index contributed by atoms with van der Waals surface area (Å²) >= 11 is 0. The molecule has 0 unspecified atom stereocenters. The molecule has 1 aromatic carbocycles. The number of pyridine rings is 4. The Bertz CT molecular complexity index is 1940. The van der Waals surface area contributed by atoms with Crippen molar-refractivity contribution in [2.75, 3.05) is 0 Å². The Morgan fingerprint density at radius 3 is 1.66 bits per heavy atom. The molecule has 5 heteroatoms. The lowest BCUT2D eigenvalue weighted by Gasteiger charge is -2.25. The van der Waals surface area contributed by atoms with Crippen LogP contribution in [0.2, 0.25) is 13.1 Å². The van der Waals surface area contributed by atoms with Crippen molar-refractivity contribution in [2.24, 2.45) is 0 Å². The molecule has 1 aliphatic rings. The SMILES string of the molecule is C=C(/C=C\C=C/C)C1=C(c2cccc(-c3ccccn3)n2)[Si](C)(C)C(c2cccc(-c3ccccn3)n2)=C1c1ccccc1. The van der Waals surface area contributed by atoms with Crippen LogP contribution in [-0.4, -0.2) is 28.0 Å². The van der Waals surface area contributed by atoms with E-state index < -0.39 is 8.07 Å². The number of allylic oxidation sites excluding steroid dienone is 7. The summed E-state index contributed by atoms with van der Waals surface area (Å²) in [5.41, 5.74) is 9.68. The maximum atomic E-state index is 5.26. The van der Waals surface area contributed by atoms with Crippen molar-refractivity contribution in [1.82, 2.24) is 19.9 Å². The molecule has 1 aliphatic heterocycles. The van der Waals surface area contributed by atoms with Gasteiger partial charge in [0.25, 0.3) is 0 Å². The molecular weight excluding hydrogens is 553 g/mol. The van der Waals surface area contributed by atoms with Crippen LogP contribution in [0.1, 0.15) is 23.9 Å². The van der Waals surface area contributed by atoms with Gasteiger partial charge in [-0.25, -0.2) is 9.97 Å². The second kappa shape index (κ2) is 12.5. The second-order valence-electron chi connectivity index (χ2n) is 11.1. The van der Waals surface area contributed by atoms with Gasteiger partial charge in [-0.1, -0.05) is 98.6 Å². The zero-order valence-electron chi connectivity index (χ0n) is 25.3. The number of hydrogen-bond acceptors (Lipinski definition) is 4. The zero-order valence-corrected chi connectivity index (χ0v) is 26.3. The van der Waals surface area contributed by atoms with E-state index in [2.05, 4.69) is 96.4 Å². The van der Waals surface area contributed by atoms with Crippen molar-refractivity contribution in [3.63, 3.8) is 0 Å². The van der Waals surface area contributed by atoms with Gasteiger partial charge >= 0.3 is 0 Å². The lowest BCUT2D eigenvalue weighted by Crippen LogP contribution is -2.29. The normalized spacial score (nSPS) is 14.6. The third-order valence-electron chi connectivity index (χ3n) is 7.85. The van der Waals surface area contributed by atoms with Gasteiger partial charge in [-0.2, -0.15) is 0 Å². The zero-order chi connectivity index (χ0) is 30.5. The van der Waals surface area contributed by atoms with E-state index >= 15 is 0 Å². The van der Waals surface area contributed by atoms with E-state index in [1.165, 1.54) is 16.0 Å². The van der Waals surface area contributed by atoms with Crippen molar-refractivity contribution in [3.8, 4) is 22.8 Å². The molecule has 0 radical (unpaired) electrons. The smallest absolute Gasteiger partial charge is 0.119 e. The summed E-state index contributed by atoms with van der Waals surface area (Å²) in [6.07, 6.45) is 11.8. The molecule has 5 aromatic rings. The van der Waals surface area contributed by atoms with Gasteiger partial charge in [0.2, 0.25) is 0 Å². The Morgan fingerprint density at radius 2 is 1.11 bits per heavy atom. The van der Waals surface area contributed by atoms with Crippen molar-refractivity contribution in [2.45, 2.75) is 20.0 Å². The van der Waals surface area contributed by atoms with E-state index in [-0.39, 0.29) is 0 Å². The van der Waals surface area contributed by atoms with E-state index in [4.69, 9.17) is 9.97 Å². The minimum absolute atomic E-state index is 0.847. The molecule has 4 nitrogen and oxygen atoms in total. The quantitative estimate of drug-likeness (QED) is 0.134. The standard InChI is InChI=1S/C39H34N4Si/c1-5-6-8-17-28(2)36-37(29-18-9-7-10-19-29)39(35-25-16-23-33(43-35)31-21-12-14-27-41-31)44(3,4)38(36)34-24-15-22-32(42-34)30-20-11-13-26-40-30/h5-27H,2H2,1,3-4H3/b6-5-,17-8-. The topological polar surface area (TPSA) is 51.6 Å². The summed E-state index contributed by atoms with van der Waals surface area (Å²) in [7, 11) is -2.47.